The van der Waals surface area contributed by atoms with Gasteiger partial charge in [0, 0.05) is 49.6 Å². The van der Waals surface area contributed by atoms with Crippen LogP contribution >= 0.6 is 0 Å². The van der Waals surface area contributed by atoms with Crippen LogP contribution in [0.25, 0.3) is 0 Å². The van der Waals surface area contributed by atoms with E-state index in [2.05, 4.69) is 0 Å². The lowest BCUT2D eigenvalue weighted by molar-refractivity contribution is -0.385. The van der Waals surface area contributed by atoms with Gasteiger partial charge in [-0.05, 0) is 30.7 Å². The second-order valence-electron chi connectivity index (χ2n) is 6.36. The maximum atomic E-state index is 13.7. The number of anilines is 1. The van der Waals surface area contributed by atoms with E-state index in [9.17, 15) is 19.3 Å². The average Bonchev–Trinajstić information content (AvgIpc) is 2.69. The molecule has 1 saturated heterocycles. The molecule has 0 radical (unpaired) electrons. The molecule has 0 aliphatic carbocycles. The van der Waals surface area contributed by atoms with E-state index in [4.69, 9.17) is 4.74 Å². The zero-order valence-corrected chi connectivity index (χ0v) is 15.1. The molecule has 1 aliphatic heterocycles. The summed E-state index contributed by atoms with van der Waals surface area (Å²) in [6.07, 6.45) is 0. The molecular formula is C19H20FN3O4. The maximum absolute atomic E-state index is 13.7. The predicted molar refractivity (Wildman–Crippen MR) is 98.9 cm³/mol. The molecule has 1 amide bonds. The zero-order chi connectivity index (χ0) is 19.6. The third-order valence-electron chi connectivity index (χ3n) is 4.71. The number of halogens is 1. The van der Waals surface area contributed by atoms with Gasteiger partial charge in [-0.25, -0.2) is 4.39 Å². The summed E-state index contributed by atoms with van der Waals surface area (Å²) in [6, 6.07) is 9.22. The summed E-state index contributed by atoms with van der Waals surface area (Å²) in [5, 5.41) is 11.0. The number of methoxy groups -OCH3 is 1. The highest BCUT2D eigenvalue weighted by atomic mass is 19.1. The summed E-state index contributed by atoms with van der Waals surface area (Å²) in [5.41, 5.74) is 1.55. The number of aryl methyl sites for hydroxylation is 1. The number of nitro benzene ring substituents is 1. The van der Waals surface area contributed by atoms with Crippen LogP contribution in [0.4, 0.5) is 15.8 Å². The molecule has 3 rings (SSSR count). The Balaban J connectivity index is 1.69. The summed E-state index contributed by atoms with van der Waals surface area (Å²) in [5.74, 6) is -0.390. The molecule has 2 aromatic carbocycles. The van der Waals surface area contributed by atoms with Crippen LogP contribution < -0.4 is 9.64 Å². The maximum Gasteiger partial charge on any atom is 0.311 e. The Morgan fingerprint density at radius 2 is 1.85 bits per heavy atom. The van der Waals surface area contributed by atoms with Gasteiger partial charge in [0.1, 0.15) is 5.82 Å². The van der Waals surface area contributed by atoms with E-state index in [0.717, 1.165) is 5.69 Å². The van der Waals surface area contributed by atoms with Crippen LogP contribution in [0.3, 0.4) is 0 Å². The summed E-state index contributed by atoms with van der Waals surface area (Å²) in [7, 11) is 1.39. The van der Waals surface area contributed by atoms with Crippen LogP contribution in [0.1, 0.15) is 15.9 Å². The number of nitro groups is 1. The molecule has 0 spiro atoms. The number of amides is 1. The zero-order valence-electron chi connectivity index (χ0n) is 15.1. The average molecular weight is 373 g/mol. The van der Waals surface area contributed by atoms with Gasteiger partial charge >= 0.3 is 5.69 Å². The van der Waals surface area contributed by atoms with E-state index in [1.54, 1.807) is 36.1 Å². The van der Waals surface area contributed by atoms with Gasteiger partial charge in [-0.2, -0.15) is 0 Å². The molecule has 8 heteroatoms. The van der Waals surface area contributed by atoms with Crippen molar-refractivity contribution in [2.75, 3.05) is 38.2 Å². The van der Waals surface area contributed by atoms with Gasteiger partial charge in [0.15, 0.2) is 5.75 Å². The molecule has 142 valence electrons. The monoisotopic (exact) mass is 373 g/mol. The highest BCUT2D eigenvalue weighted by Crippen LogP contribution is 2.31. The van der Waals surface area contributed by atoms with Crippen LogP contribution in [0.15, 0.2) is 36.4 Å². The molecule has 1 fully saturated rings. The highest BCUT2D eigenvalue weighted by Gasteiger charge is 2.24. The van der Waals surface area contributed by atoms with Gasteiger partial charge < -0.3 is 14.5 Å². The molecule has 7 nitrogen and oxygen atoms in total. The van der Waals surface area contributed by atoms with Crippen molar-refractivity contribution in [2.24, 2.45) is 0 Å². The molecule has 1 aliphatic rings. The number of carbonyl (C=O) groups is 1. The van der Waals surface area contributed by atoms with E-state index in [-0.39, 0.29) is 17.3 Å². The molecule has 27 heavy (non-hydrogen) atoms. The van der Waals surface area contributed by atoms with Gasteiger partial charge in [-0.1, -0.05) is 6.07 Å². The fourth-order valence-corrected chi connectivity index (χ4v) is 3.09. The number of hydrogen-bond acceptors (Lipinski definition) is 5. The Morgan fingerprint density at radius 3 is 2.44 bits per heavy atom. The number of hydrogen-bond donors (Lipinski definition) is 0. The Labute approximate surface area is 156 Å². The highest BCUT2D eigenvalue weighted by molar-refractivity contribution is 5.94. The summed E-state index contributed by atoms with van der Waals surface area (Å²) >= 11 is 0. The topological polar surface area (TPSA) is 75.9 Å². The number of ether oxygens (including phenoxy) is 1. The smallest absolute Gasteiger partial charge is 0.311 e. The molecule has 0 atom stereocenters. The molecule has 0 bridgehead atoms. The molecule has 0 N–H and O–H groups in total. The van der Waals surface area contributed by atoms with Crippen molar-refractivity contribution in [3.63, 3.8) is 0 Å². The van der Waals surface area contributed by atoms with Crippen molar-refractivity contribution in [3.8, 4) is 5.75 Å². The van der Waals surface area contributed by atoms with Gasteiger partial charge in [-0.15, -0.1) is 0 Å². The Morgan fingerprint density at radius 1 is 1.15 bits per heavy atom. The Kier molecular flexibility index (Phi) is 5.25. The van der Waals surface area contributed by atoms with E-state index in [1.807, 2.05) is 4.90 Å². The SMILES string of the molecule is COc1cc(N2CCN(C(=O)c3ccc(C)c(F)c3)CC2)ccc1[N+](=O)[O-]. The number of nitrogens with zero attached hydrogens (tertiary/aromatic N) is 3. The van der Waals surface area contributed by atoms with Gasteiger partial charge in [0.2, 0.25) is 0 Å². The van der Waals surface area contributed by atoms with Crippen molar-refractivity contribution in [1.29, 1.82) is 0 Å². The molecule has 0 aromatic heterocycles. The fourth-order valence-electron chi connectivity index (χ4n) is 3.09. The van der Waals surface area contributed by atoms with Crippen LogP contribution in [0, 0.1) is 22.9 Å². The van der Waals surface area contributed by atoms with Crippen LogP contribution in [-0.4, -0.2) is 49.0 Å². The number of carbonyl (C=O) groups excluding carboxylic acids is 1. The minimum absolute atomic E-state index is 0.0866. The lowest BCUT2D eigenvalue weighted by Gasteiger charge is -2.36. The van der Waals surface area contributed by atoms with Crippen molar-refractivity contribution in [3.05, 3.63) is 63.5 Å². The van der Waals surface area contributed by atoms with Crippen LogP contribution in [0.5, 0.6) is 5.75 Å². The fraction of sp³-hybridized carbons (Fsp3) is 0.316. The van der Waals surface area contributed by atoms with Crippen molar-refractivity contribution in [1.82, 2.24) is 4.90 Å². The number of rotatable bonds is 4. The number of piperazine rings is 1. The van der Waals surface area contributed by atoms with E-state index in [0.29, 0.717) is 37.3 Å². The lowest BCUT2D eigenvalue weighted by Crippen LogP contribution is -2.48. The van der Waals surface area contributed by atoms with Gasteiger partial charge in [0.25, 0.3) is 5.91 Å². The second-order valence-corrected chi connectivity index (χ2v) is 6.36. The van der Waals surface area contributed by atoms with Crippen molar-refractivity contribution >= 4 is 17.3 Å². The third-order valence-corrected chi connectivity index (χ3v) is 4.71. The Bertz CT molecular complexity index is 879. The summed E-state index contributed by atoms with van der Waals surface area (Å²) in [6.45, 7) is 3.75. The van der Waals surface area contributed by atoms with E-state index >= 15 is 0 Å². The third kappa shape index (κ3) is 3.84. The minimum atomic E-state index is -0.486. The first-order valence-corrected chi connectivity index (χ1v) is 8.53. The van der Waals surface area contributed by atoms with Crippen molar-refractivity contribution in [2.45, 2.75) is 6.92 Å². The van der Waals surface area contributed by atoms with E-state index < -0.39 is 10.7 Å². The quantitative estimate of drug-likeness (QED) is 0.608. The normalized spacial score (nSPS) is 14.2. The van der Waals surface area contributed by atoms with E-state index in [1.165, 1.54) is 19.2 Å². The second kappa shape index (κ2) is 7.61. The number of benzene rings is 2. The molecule has 0 unspecified atom stereocenters. The molecule has 2 aromatic rings. The largest absolute Gasteiger partial charge is 0.490 e. The Hall–Kier alpha value is -3.16. The van der Waals surface area contributed by atoms with Crippen molar-refractivity contribution < 1.29 is 18.8 Å². The van der Waals surface area contributed by atoms with Gasteiger partial charge in [0.05, 0.1) is 12.0 Å². The minimum Gasteiger partial charge on any atom is -0.490 e. The molecule has 1 heterocycles. The molecular weight excluding hydrogens is 353 g/mol. The first kappa shape index (κ1) is 18.6. The lowest BCUT2D eigenvalue weighted by atomic mass is 10.1. The summed E-state index contributed by atoms with van der Waals surface area (Å²) in [4.78, 5) is 26.8. The van der Waals surface area contributed by atoms with Crippen LogP contribution in [-0.2, 0) is 0 Å². The summed E-state index contributed by atoms with van der Waals surface area (Å²) < 4.78 is 18.8. The molecule has 0 saturated carbocycles. The predicted octanol–water partition coefficient (Wildman–Crippen LogP) is 3.01. The standard InChI is InChI=1S/C19H20FN3O4/c1-13-3-4-14(11-16(13)20)19(24)22-9-7-21(8-10-22)15-5-6-17(23(25)26)18(12-15)27-2/h3-6,11-12H,7-10H2,1-2H3. The first-order chi connectivity index (χ1) is 12.9. The van der Waals surface area contributed by atoms with Crippen LogP contribution in [0.2, 0.25) is 0 Å². The first-order valence-electron chi connectivity index (χ1n) is 8.53. The van der Waals surface area contributed by atoms with Gasteiger partial charge in [-0.3, -0.25) is 14.9 Å².